The van der Waals surface area contributed by atoms with Crippen molar-refractivity contribution in [2.45, 2.75) is 32.0 Å². The SMILES string of the molecule is c1coc(CNC2CCN(Cc3ccncc3)CC2)c1. The molecule has 3 rings (SSSR count). The number of furan rings is 1. The van der Waals surface area contributed by atoms with Crippen LogP contribution in [0.5, 0.6) is 0 Å². The number of pyridine rings is 1. The van der Waals surface area contributed by atoms with Crippen molar-refractivity contribution < 1.29 is 4.42 Å². The molecule has 0 radical (unpaired) electrons. The van der Waals surface area contributed by atoms with Crippen molar-refractivity contribution in [1.29, 1.82) is 0 Å². The van der Waals surface area contributed by atoms with Crippen LogP contribution in [-0.4, -0.2) is 29.0 Å². The van der Waals surface area contributed by atoms with E-state index in [9.17, 15) is 0 Å². The fourth-order valence-corrected chi connectivity index (χ4v) is 2.70. The summed E-state index contributed by atoms with van der Waals surface area (Å²) in [5, 5.41) is 3.58. The minimum absolute atomic E-state index is 0.605. The second-order valence-corrected chi connectivity index (χ2v) is 5.37. The van der Waals surface area contributed by atoms with Gasteiger partial charge in [0.15, 0.2) is 0 Å². The fourth-order valence-electron chi connectivity index (χ4n) is 2.70. The third-order valence-electron chi connectivity index (χ3n) is 3.89. The molecule has 1 saturated heterocycles. The summed E-state index contributed by atoms with van der Waals surface area (Å²) in [5.41, 5.74) is 1.35. The first-order chi connectivity index (χ1) is 9.90. The Morgan fingerprint density at radius 2 is 2.00 bits per heavy atom. The molecule has 1 fully saturated rings. The first-order valence-electron chi connectivity index (χ1n) is 7.27. The van der Waals surface area contributed by atoms with E-state index in [4.69, 9.17) is 4.42 Å². The van der Waals surface area contributed by atoms with Gasteiger partial charge >= 0.3 is 0 Å². The first kappa shape index (κ1) is 13.3. The van der Waals surface area contributed by atoms with Gasteiger partial charge in [-0.25, -0.2) is 0 Å². The Morgan fingerprint density at radius 3 is 2.70 bits per heavy atom. The standard InChI is InChI=1S/C16H21N3O/c1-2-16(20-11-1)12-18-15-5-9-19(10-6-15)13-14-3-7-17-8-4-14/h1-4,7-8,11,15,18H,5-6,9-10,12-13H2. The second kappa shape index (κ2) is 6.68. The smallest absolute Gasteiger partial charge is 0.117 e. The predicted molar refractivity (Wildman–Crippen MR) is 78.1 cm³/mol. The van der Waals surface area contributed by atoms with E-state index in [-0.39, 0.29) is 0 Å². The van der Waals surface area contributed by atoms with Crippen LogP contribution in [0.15, 0.2) is 47.3 Å². The average Bonchev–Trinajstić information content (AvgIpc) is 3.01. The number of nitrogens with one attached hydrogen (secondary N) is 1. The molecule has 2 aromatic heterocycles. The van der Waals surface area contributed by atoms with Crippen LogP contribution in [-0.2, 0) is 13.1 Å². The number of nitrogens with zero attached hydrogens (tertiary/aromatic N) is 2. The molecule has 0 bridgehead atoms. The highest BCUT2D eigenvalue weighted by Gasteiger charge is 2.18. The lowest BCUT2D eigenvalue weighted by atomic mass is 10.0. The van der Waals surface area contributed by atoms with Crippen LogP contribution >= 0.6 is 0 Å². The topological polar surface area (TPSA) is 41.3 Å². The van der Waals surface area contributed by atoms with E-state index in [1.54, 1.807) is 6.26 Å². The van der Waals surface area contributed by atoms with Gasteiger partial charge in [0.25, 0.3) is 0 Å². The van der Waals surface area contributed by atoms with Crippen LogP contribution in [0.25, 0.3) is 0 Å². The Bertz CT molecular complexity index is 490. The lowest BCUT2D eigenvalue weighted by molar-refractivity contribution is 0.188. The highest BCUT2D eigenvalue weighted by atomic mass is 16.3. The molecule has 0 aliphatic carbocycles. The molecule has 0 atom stereocenters. The van der Waals surface area contributed by atoms with Gasteiger partial charge in [-0.2, -0.15) is 0 Å². The summed E-state index contributed by atoms with van der Waals surface area (Å²) in [6.45, 7) is 4.17. The maximum atomic E-state index is 5.35. The molecular formula is C16H21N3O. The zero-order valence-electron chi connectivity index (χ0n) is 11.7. The van der Waals surface area contributed by atoms with Gasteiger partial charge in [-0.15, -0.1) is 0 Å². The highest BCUT2D eigenvalue weighted by molar-refractivity contribution is 5.09. The Kier molecular flexibility index (Phi) is 4.46. The Labute approximate surface area is 119 Å². The van der Waals surface area contributed by atoms with E-state index >= 15 is 0 Å². The summed E-state index contributed by atoms with van der Waals surface area (Å²) < 4.78 is 5.35. The van der Waals surface area contributed by atoms with Crippen LogP contribution < -0.4 is 5.32 Å². The lowest BCUT2D eigenvalue weighted by Crippen LogP contribution is -2.41. The van der Waals surface area contributed by atoms with Crippen LogP contribution in [0, 0.1) is 0 Å². The highest BCUT2D eigenvalue weighted by Crippen LogP contribution is 2.14. The van der Waals surface area contributed by atoms with Gasteiger partial charge in [0.05, 0.1) is 12.8 Å². The molecule has 4 heteroatoms. The minimum Gasteiger partial charge on any atom is -0.468 e. The summed E-state index contributed by atoms with van der Waals surface area (Å²) in [7, 11) is 0. The van der Waals surface area contributed by atoms with Crippen molar-refractivity contribution in [3.8, 4) is 0 Å². The molecule has 1 aliphatic rings. The molecular weight excluding hydrogens is 250 g/mol. The van der Waals surface area contributed by atoms with Crippen molar-refractivity contribution in [2.24, 2.45) is 0 Å². The lowest BCUT2D eigenvalue weighted by Gasteiger charge is -2.32. The van der Waals surface area contributed by atoms with Crippen LogP contribution in [0.1, 0.15) is 24.2 Å². The van der Waals surface area contributed by atoms with Gasteiger partial charge < -0.3 is 9.73 Å². The number of hydrogen-bond donors (Lipinski definition) is 1. The fraction of sp³-hybridized carbons (Fsp3) is 0.438. The molecule has 106 valence electrons. The van der Waals surface area contributed by atoms with Crippen molar-refractivity contribution in [2.75, 3.05) is 13.1 Å². The third kappa shape index (κ3) is 3.68. The van der Waals surface area contributed by atoms with Gasteiger partial charge in [0.1, 0.15) is 5.76 Å². The second-order valence-electron chi connectivity index (χ2n) is 5.37. The number of aromatic nitrogens is 1. The maximum Gasteiger partial charge on any atom is 0.117 e. The van der Waals surface area contributed by atoms with E-state index in [2.05, 4.69) is 27.3 Å². The largest absolute Gasteiger partial charge is 0.468 e. The van der Waals surface area contributed by atoms with Crippen molar-refractivity contribution in [3.63, 3.8) is 0 Å². The first-order valence-corrected chi connectivity index (χ1v) is 7.27. The Hall–Kier alpha value is -1.65. The minimum atomic E-state index is 0.605. The summed E-state index contributed by atoms with van der Waals surface area (Å²) in [6, 6.07) is 8.76. The molecule has 20 heavy (non-hydrogen) atoms. The van der Waals surface area contributed by atoms with Crippen LogP contribution in [0.4, 0.5) is 0 Å². The van der Waals surface area contributed by atoms with E-state index in [0.717, 1.165) is 31.9 Å². The third-order valence-corrected chi connectivity index (χ3v) is 3.89. The normalized spacial score (nSPS) is 17.4. The monoisotopic (exact) mass is 271 g/mol. The van der Waals surface area contributed by atoms with Gasteiger partial charge in [0.2, 0.25) is 0 Å². The van der Waals surface area contributed by atoms with E-state index < -0.39 is 0 Å². The maximum absolute atomic E-state index is 5.35. The zero-order valence-corrected chi connectivity index (χ0v) is 11.7. The molecule has 0 amide bonds. The van der Waals surface area contributed by atoms with E-state index in [1.165, 1.54) is 18.4 Å². The van der Waals surface area contributed by atoms with Crippen LogP contribution in [0.3, 0.4) is 0 Å². The van der Waals surface area contributed by atoms with Crippen LogP contribution in [0.2, 0.25) is 0 Å². The van der Waals surface area contributed by atoms with Crippen molar-refractivity contribution >= 4 is 0 Å². The summed E-state index contributed by atoms with van der Waals surface area (Å²) >= 11 is 0. The Balaban J connectivity index is 1.40. The molecule has 4 nitrogen and oxygen atoms in total. The van der Waals surface area contributed by atoms with Gasteiger partial charge in [-0.05, 0) is 55.8 Å². The summed E-state index contributed by atoms with van der Waals surface area (Å²) in [5.74, 6) is 1.02. The Morgan fingerprint density at radius 1 is 1.20 bits per heavy atom. The molecule has 2 aromatic rings. The summed E-state index contributed by atoms with van der Waals surface area (Å²) in [4.78, 5) is 6.58. The quantitative estimate of drug-likeness (QED) is 0.907. The molecule has 0 saturated carbocycles. The predicted octanol–water partition coefficient (Wildman–Crippen LogP) is 2.43. The molecule has 0 unspecified atom stereocenters. The van der Waals surface area contributed by atoms with Gasteiger partial charge in [-0.1, -0.05) is 0 Å². The molecule has 1 aliphatic heterocycles. The number of piperidine rings is 1. The van der Waals surface area contributed by atoms with Gasteiger partial charge in [0, 0.05) is 25.0 Å². The molecule has 0 spiro atoms. The molecule has 1 N–H and O–H groups in total. The molecule has 0 aromatic carbocycles. The van der Waals surface area contributed by atoms with Gasteiger partial charge in [-0.3, -0.25) is 9.88 Å². The zero-order chi connectivity index (χ0) is 13.6. The molecule has 3 heterocycles. The van der Waals surface area contributed by atoms with Crippen molar-refractivity contribution in [1.82, 2.24) is 15.2 Å². The number of rotatable bonds is 5. The number of likely N-dealkylation sites (tertiary alicyclic amines) is 1. The van der Waals surface area contributed by atoms with E-state index in [1.807, 2.05) is 24.5 Å². The summed E-state index contributed by atoms with van der Waals surface area (Å²) in [6.07, 6.45) is 7.87. The average molecular weight is 271 g/mol. The van der Waals surface area contributed by atoms with E-state index in [0.29, 0.717) is 6.04 Å². The number of hydrogen-bond acceptors (Lipinski definition) is 4. The van der Waals surface area contributed by atoms with Crippen molar-refractivity contribution in [3.05, 3.63) is 54.2 Å².